The Morgan fingerprint density at radius 2 is 1.87 bits per heavy atom. The van der Waals surface area contributed by atoms with Gasteiger partial charge in [0.1, 0.15) is 11.9 Å². The number of aryl methyl sites for hydroxylation is 1. The van der Waals surface area contributed by atoms with E-state index in [1.165, 1.54) is 9.80 Å². The highest BCUT2D eigenvalue weighted by molar-refractivity contribution is 6.18. The summed E-state index contributed by atoms with van der Waals surface area (Å²) in [5.41, 5.74) is 1.97. The second-order valence-corrected chi connectivity index (χ2v) is 8.21. The Morgan fingerprint density at radius 3 is 2.61 bits per heavy atom. The van der Waals surface area contributed by atoms with Gasteiger partial charge in [0.05, 0.1) is 26.3 Å². The first-order chi connectivity index (χ1) is 15.0. The first-order valence-corrected chi connectivity index (χ1v) is 10.7. The molecule has 1 unspecified atom stereocenters. The molecule has 4 heterocycles. The summed E-state index contributed by atoms with van der Waals surface area (Å²) in [4.78, 5) is 36.3. The Bertz CT molecular complexity index is 1040. The monoisotopic (exact) mass is 423 g/mol. The Morgan fingerprint density at radius 1 is 1.13 bits per heavy atom. The predicted octanol–water partition coefficient (Wildman–Crippen LogP) is 1.10. The third kappa shape index (κ3) is 3.43. The number of amides is 3. The minimum Gasteiger partial charge on any atom is -0.379 e. The highest BCUT2D eigenvalue weighted by atomic mass is 16.5. The molecule has 9 nitrogen and oxygen atoms in total. The first kappa shape index (κ1) is 19.9. The fourth-order valence-corrected chi connectivity index (χ4v) is 4.48. The van der Waals surface area contributed by atoms with Gasteiger partial charge in [0.25, 0.3) is 5.91 Å². The molecule has 2 aromatic rings. The number of urea groups is 1. The Labute approximate surface area is 181 Å². The maximum Gasteiger partial charge on any atom is 0.401 e. The largest absolute Gasteiger partial charge is 0.401 e. The lowest BCUT2D eigenvalue weighted by Crippen LogP contribution is -2.62. The molecule has 2 fully saturated rings. The number of carbonyl (C=O) groups excluding carboxylic acids is 2. The number of hydrogen-bond acceptors (Lipinski definition) is 5. The first-order valence-electron chi connectivity index (χ1n) is 10.7. The molecule has 5 rings (SSSR count). The van der Waals surface area contributed by atoms with E-state index >= 15 is 0 Å². The summed E-state index contributed by atoms with van der Waals surface area (Å²) in [6, 6.07) is 8.63. The van der Waals surface area contributed by atoms with Crippen LogP contribution in [0.4, 0.5) is 10.7 Å². The van der Waals surface area contributed by atoms with Crippen LogP contribution in [0.15, 0.2) is 41.5 Å². The van der Waals surface area contributed by atoms with E-state index in [1.54, 1.807) is 7.05 Å². The fraction of sp³-hybridized carbons (Fsp3) is 0.455. The molecule has 162 valence electrons. The van der Waals surface area contributed by atoms with Crippen LogP contribution in [0.3, 0.4) is 0 Å². The van der Waals surface area contributed by atoms with Crippen LogP contribution in [0, 0.1) is 6.92 Å². The standard InChI is InChI=1S/C22H27N6O3/c1-16-14-27-18-19(23-21(27)26(16)9-8-25-10-12-31-13-11-25)24(2)22(30)28(20(18)29)15-17-6-4-3-5-7-17/h3-7,14,18H,8-13,15H2,1-2H3/q+1. The third-order valence-corrected chi connectivity index (χ3v) is 6.25. The predicted molar refractivity (Wildman–Crippen MR) is 113 cm³/mol. The quantitative estimate of drug-likeness (QED) is 0.675. The average molecular weight is 423 g/mol. The number of aromatic nitrogens is 2. The van der Waals surface area contributed by atoms with Crippen molar-refractivity contribution in [2.75, 3.05) is 39.9 Å². The number of imide groups is 1. The van der Waals surface area contributed by atoms with E-state index in [0.717, 1.165) is 56.6 Å². The van der Waals surface area contributed by atoms with Crippen LogP contribution in [0.25, 0.3) is 0 Å². The number of amidine groups is 1. The van der Waals surface area contributed by atoms with Gasteiger partial charge >= 0.3 is 12.0 Å². The van der Waals surface area contributed by atoms with E-state index in [1.807, 2.05) is 48.0 Å². The molecular formula is C22H27N6O3+. The van der Waals surface area contributed by atoms with E-state index in [-0.39, 0.29) is 18.5 Å². The van der Waals surface area contributed by atoms with Crippen LogP contribution < -0.4 is 4.57 Å². The zero-order valence-corrected chi connectivity index (χ0v) is 17.9. The average Bonchev–Trinajstić information content (AvgIpc) is 3.30. The highest BCUT2D eigenvalue weighted by Crippen LogP contribution is 2.30. The molecule has 0 N–H and O–H groups in total. The van der Waals surface area contributed by atoms with Gasteiger partial charge in [-0.25, -0.2) is 13.9 Å². The number of aliphatic imine (C=N–C) groups is 1. The van der Waals surface area contributed by atoms with Crippen LogP contribution in [0.2, 0.25) is 0 Å². The molecule has 31 heavy (non-hydrogen) atoms. The topological polar surface area (TPSA) is 74.3 Å². The molecule has 9 heteroatoms. The summed E-state index contributed by atoms with van der Waals surface area (Å²) in [5, 5.41) is 0. The van der Waals surface area contributed by atoms with E-state index in [9.17, 15) is 9.59 Å². The number of rotatable bonds is 5. The van der Waals surface area contributed by atoms with Gasteiger partial charge in [0.15, 0.2) is 0 Å². The second-order valence-electron chi connectivity index (χ2n) is 8.21. The van der Waals surface area contributed by atoms with Crippen LogP contribution in [0.5, 0.6) is 0 Å². The van der Waals surface area contributed by atoms with Gasteiger partial charge < -0.3 is 4.74 Å². The molecule has 0 saturated carbocycles. The van der Waals surface area contributed by atoms with E-state index in [0.29, 0.717) is 5.84 Å². The number of imidazole rings is 1. The van der Waals surface area contributed by atoms with Crippen molar-refractivity contribution in [2.45, 2.75) is 26.1 Å². The Balaban J connectivity index is 1.41. The van der Waals surface area contributed by atoms with Crippen LogP contribution in [0.1, 0.15) is 17.3 Å². The maximum atomic E-state index is 13.4. The summed E-state index contributed by atoms with van der Waals surface area (Å²) in [6.45, 7) is 7.33. The molecule has 0 spiro atoms. The minimum atomic E-state index is -0.607. The van der Waals surface area contributed by atoms with Gasteiger partial charge in [-0.15, -0.1) is 0 Å². The maximum absolute atomic E-state index is 13.4. The van der Waals surface area contributed by atoms with E-state index < -0.39 is 6.04 Å². The number of ether oxygens (including phenoxy) is 1. The Kier molecular flexibility index (Phi) is 5.07. The molecule has 1 aromatic carbocycles. The van der Waals surface area contributed by atoms with Crippen molar-refractivity contribution >= 4 is 23.7 Å². The lowest BCUT2D eigenvalue weighted by Gasteiger charge is -2.33. The molecular weight excluding hydrogens is 396 g/mol. The smallest absolute Gasteiger partial charge is 0.379 e. The summed E-state index contributed by atoms with van der Waals surface area (Å²) in [6.07, 6.45) is 1.97. The number of morpholine rings is 1. The number of nitrogens with zero attached hydrogens (tertiary/aromatic N) is 6. The van der Waals surface area contributed by atoms with Crippen molar-refractivity contribution in [3.05, 3.63) is 47.8 Å². The number of benzene rings is 1. The van der Waals surface area contributed by atoms with Gasteiger partial charge in [-0.1, -0.05) is 35.3 Å². The van der Waals surface area contributed by atoms with Crippen LogP contribution in [-0.2, 0) is 22.6 Å². The molecule has 1 aromatic heterocycles. The molecule has 0 aliphatic carbocycles. The van der Waals surface area contributed by atoms with Crippen molar-refractivity contribution in [2.24, 2.45) is 4.99 Å². The molecule has 1 atom stereocenters. The second kappa shape index (κ2) is 7.90. The molecule has 0 bridgehead atoms. The molecule has 3 aliphatic heterocycles. The molecule has 3 aliphatic rings. The van der Waals surface area contributed by atoms with Crippen LogP contribution >= 0.6 is 0 Å². The normalized spacial score (nSPS) is 21.4. The van der Waals surface area contributed by atoms with Crippen molar-refractivity contribution in [3.63, 3.8) is 0 Å². The lowest BCUT2D eigenvalue weighted by molar-refractivity contribution is -0.677. The van der Waals surface area contributed by atoms with Crippen molar-refractivity contribution in [1.82, 2.24) is 19.3 Å². The summed E-state index contributed by atoms with van der Waals surface area (Å²) < 4.78 is 9.47. The highest BCUT2D eigenvalue weighted by Gasteiger charge is 2.53. The Hall–Kier alpha value is -3.04. The van der Waals surface area contributed by atoms with Crippen LogP contribution in [-0.4, -0.2) is 76.9 Å². The van der Waals surface area contributed by atoms with Gasteiger partial charge in [-0.2, -0.15) is 0 Å². The number of likely N-dealkylation sites (N-methyl/N-ethyl adjacent to an activating group) is 1. The molecule has 3 amide bonds. The number of hydrogen-bond donors (Lipinski definition) is 0. The lowest BCUT2D eigenvalue weighted by atomic mass is 10.1. The van der Waals surface area contributed by atoms with Gasteiger partial charge in [0, 0.05) is 26.7 Å². The molecule has 0 radical (unpaired) electrons. The van der Waals surface area contributed by atoms with Gasteiger partial charge in [-0.05, 0) is 12.5 Å². The van der Waals surface area contributed by atoms with Gasteiger partial charge in [0.2, 0.25) is 11.9 Å². The van der Waals surface area contributed by atoms with E-state index in [4.69, 9.17) is 9.73 Å². The van der Waals surface area contributed by atoms with Crippen molar-refractivity contribution < 1.29 is 18.9 Å². The van der Waals surface area contributed by atoms with Gasteiger partial charge in [-0.3, -0.25) is 19.5 Å². The zero-order chi connectivity index (χ0) is 21.5. The summed E-state index contributed by atoms with van der Waals surface area (Å²) >= 11 is 0. The van der Waals surface area contributed by atoms with E-state index in [2.05, 4.69) is 9.47 Å². The SMILES string of the molecule is Cc1c[n+]2c(n1CCN1CCOCC1)N=C1C2C(=O)N(Cc2ccccc2)C(=O)N1C. The van der Waals surface area contributed by atoms with Crippen molar-refractivity contribution in [3.8, 4) is 0 Å². The number of fused-ring (bicyclic) bond motifs is 3. The zero-order valence-electron chi connectivity index (χ0n) is 17.9. The molecule has 2 saturated heterocycles. The fourth-order valence-electron chi connectivity index (χ4n) is 4.48. The third-order valence-electron chi connectivity index (χ3n) is 6.25. The summed E-state index contributed by atoms with van der Waals surface area (Å²) in [5.74, 6) is 0.981. The minimum absolute atomic E-state index is 0.236. The number of carbonyl (C=O) groups is 2. The summed E-state index contributed by atoms with van der Waals surface area (Å²) in [7, 11) is 1.69. The van der Waals surface area contributed by atoms with Crippen molar-refractivity contribution in [1.29, 1.82) is 0 Å².